The Labute approximate surface area is 152 Å². The van der Waals surface area contributed by atoms with E-state index in [1.165, 1.54) is 26.3 Å². The fraction of sp³-hybridized carbons (Fsp3) is 0.333. The Hall–Kier alpha value is -2.79. The number of carbonyl (C=O) groups is 2. The first kappa shape index (κ1) is 19.5. The van der Waals surface area contributed by atoms with E-state index in [0.717, 1.165) is 4.57 Å². The fourth-order valence-electron chi connectivity index (χ4n) is 1.96. The van der Waals surface area contributed by atoms with Crippen LogP contribution < -0.4 is 15.1 Å². The van der Waals surface area contributed by atoms with Crippen LogP contribution in [0, 0.1) is 0 Å². The molecule has 1 heterocycles. The zero-order valence-electron chi connectivity index (χ0n) is 14.4. The van der Waals surface area contributed by atoms with E-state index in [9.17, 15) is 18.9 Å². The van der Waals surface area contributed by atoms with Crippen LogP contribution in [0.25, 0.3) is 0 Å². The van der Waals surface area contributed by atoms with Gasteiger partial charge in [0.05, 0.1) is 13.7 Å². The van der Waals surface area contributed by atoms with Crippen molar-refractivity contribution < 1.29 is 23.6 Å². The maximum absolute atomic E-state index is 12.4. The van der Waals surface area contributed by atoms with Gasteiger partial charge in [-0.3, -0.25) is 0 Å². The highest BCUT2D eigenvalue weighted by Crippen LogP contribution is 2.16. The minimum atomic E-state index is -2.11. The van der Waals surface area contributed by atoms with Crippen LogP contribution in [0.15, 0.2) is 34.0 Å². The molecule has 1 aromatic carbocycles. The molecule has 140 valence electrons. The van der Waals surface area contributed by atoms with Crippen molar-refractivity contribution in [2.75, 3.05) is 13.7 Å². The Bertz CT molecular complexity index is 862. The van der Waals surface area contributed by atoms with Crippen molar-refractivity contribution in [3.05, 3.63) is 40.3 Å². The number of carbonyl (C=O) groups excluding carboxylic acids is 2. The lowest BCUT2D eigenvalue weighted by Crippen LogP contribution is -2.40. The molecule has 1 aromatic heterocycles. The van der Waals surface area contributed by atoms with E-state index in [-0.39, 0.29) is 16.5 Å². The lowest BCUT2D eigenvalue weighted by Gasteiger charge is -2.12. The van der Waals surface area contributed by atoms with Crippen LogP contribution in [0.2, 0.25) is 0 Å². The number of benzene rings is 1. The first-order valence-corrected chi connectivity index (χ1v) is 8.74. The summed E-state index contributed by atoms with van der Waals surface area (Å²) in [7, 11) is 2.58. The summed E-state index contributed by atoms with van der Waals surface area (Å²) in [6.45, 7) is 2.20. The minimum Gasteiger partial charge on any atom is -0.588 e. The van der Waals surface area contributed by atoms with E-state index in [4.69, 9.17) is 4.74 Å². The van der Waals surface area contributed by atoms with E-state index in [0.29, 0.717) is 17.7 Å². The molecule has 26 heavy (non-hydrogen) atoms. The molecule has 1 atom stereocenters. The number of hydrogen-bond donors (Lipinski definition) is 1. The highest BCUT2D eigenvalue weighted by atomic mass is 32.2. The van der Waals surface area contributed by atoms with Crippen molar-refractivity contribution in [2.45, 2.75) is 18.2 Å². The van der Waals surface area contributed by atoms with Gasteiger partial charge in [0, 0.05) is 7.05 Å². The number of rotatable bonds is 6. The summed E-state index contributed by atoms with van der Waals surface area (Å²) in [5, 5.41) is 3.77. The van der Waals surface area contributed by atoms with Gasteiger partial charge in [0.1, 0.15) is 16.9 Å². The monoisotopic (exact) mass is 382 g/mol. The van der Waals surface area contributed by atoms with Gasteiger partial charge in [0.15, 0.2) is 4.90 Å². The molecule has 0 spiro atoms. The first-order chi connectivity index (χ1) is 12.4. The van der Waals surface area contributed by atoms with Crippen LogP contribution in [0.5, 0.6) is 6.01 Å². The maximum Gasteiger partial charge on any atom is 0.388 e. The second kappa shape index (κ2) is 8.54. The highest BCUT2D eigenvalue weighted by molar-refractivity contribution is 7.90. The van der Waals surface area contributed by atoms with E-state index < -0.39 is 29.1 Å². The Morgan fingerprint density at radius 2 is 2.04 bits per heavy atom. The number of methoxy groups -OCH3 is 1. The van der Waals surface area contributed by atoms with E-state index in [2.05, 4.69) is 14.6 Å². The van der Waals surface area contributed by atoms with Crippen molar-refractivity contribution in [1.82, 2.24) is 19.1 Å². The summed E-state index contributed by atoms with van der Waals surface area (Å²) in [5.41, 5.74) is -0.721. The van der Waals surface area contributed by atoms with Crippen LogP contribution in [-0.2, 0) is 23.1 Å². The third-order valence-corrected chi connectivity index (χ3v) is 4.36. The second-order valence-corrected chi connectivity index (χ2v) is 6.23. The van der Waals surface area contributed by atoms with Crippen LogP contribution in [0.3, 0.4) is 0 Å². The molecule has 1 unspecified atom stereocenters. The van der Waals surface area contributed by atoms with Gasteiger partial charge in [-0.2, -0.15) is 0 Å². The average Bonchev–Trinajstić information content (AvgIpc) is 2.94. The van der Waals surface area contributed by atoms with Crippen molar-refractivity contribution >= 4 is 23.4 Å². The number of amides is 1. The van der Waals surface area contributed by atoms with Gasteiger partial charge in [-0.15, -0.1) is 14.5 Å². The zero-order chi connectivity index (χ0) is 19.3. The van der Waals surface area contributed by atoms with Crippen LogP contribution in [-0.4, -0.2) is 44.6 Å². The van der Waals surface area contributed by atoms with Gasteiger partial charge in [-0.25, -0.2) is 19.0 Å². The molecule has 0 aliphatic carbocycles. The normalized spacial score (nSPS) is 11.7. The van der Waals surface area contributed by atoms with E-state index in [1.807, 2.05) is 6.92 Å². The van der Waals surface area contributed by atoms with Gasteiger partial charge in [-0.1, -0.05) is 19.1 Å². The number of aromatic nitrogens is 3. The van der Waals surface area contributed by atoms with Crippen molar-refractivity contribution in [3.63, 3.8) is 0 Å². The maximum atomic E-state index is 12.4. The molecule has 0 bridgehead atoms. The Morgan fingerprint density at radius 3 is 2.69 bits per heavy atom. The highest BCUT2D eigenvalue weighted by Gasteiger charge is 2.26. The van der Waals surface area contributed by atoms with Gasteiger partial charge in [0.2, 0.25) is 0 Å². The third-order valence-electron chi connectivity index (χ3n) is 3.24. The third kappa shape index (κ3) is 4.06. The van der Waals surface area contributed by atoms with Gasteiger partial charge in [0.25, 0.3) is 0 Å². The summed E-state index contributed by atoms with van der Waals surface area (Å²) in [5.74, 6) is -0.701. The summed E-state index contributed by atoms with van der Waals surface area (Å²) < 4.78 is 26.0. The Morgan fingerprint density at radius 1 is 1.35 bits per heavy atom. The van der Waals surface area contributed by atoms with Gasteiger partial charge in [-0.05, 0) is 18.6 Å². The SMILES string of the molecule is CCCOc1nn(C(=O)N[S+]([O-])c2ccccc2C(=O)OC)c(=O)n1C. The molecule has 11 heteroatoms. The van der Waals surface area contributed by atoms with Crippen LogP contribution in [0.4, 0.5) is 4.79 Å². The zero-order valence-corrected chi connectivity index (χ0v) is 15.2. The smallest absolute Gasteiger partial charge is 0.388 e. The molecule has 0 fully saturated rings. The lowest BCUT2D eigenvalue weighted by molar-refractivity contribution is 0.0596. The minimum absolute atomic E-state index is 0.0345. The molecule has 0 radical (unpaired) electrons. The van der Waals surface area contributed by atoms with Crippen molar-refractivity contribution in [2.24, 2.45) is 7.05 Å². The fourth-order valence-corrected chi connectivity index (χ4v) is 2.86. The first-order valence-electron chi connectivity index (χ1n) is 7.59. The van der Waals surface area contributed by atoms with Crippen molar-refractivity contribution in [1.29, 1.82) is 0 Å². The summed E-state index contributed by atoms with van der Waals surface area (Å²) >= 11 is -2.11. The van der Waals surface area contributed by atoms with E-state index in [1.54, 1.807) is 12.1 Å². The number of nitrogens with zero attached hydrogens (tertiary/aromatic N) is 3. The average molecular weight is 382 g/mol. The predicted molar refractivity (Wildman–Crippen MR) is 91.4 cm³/mol. The van der Waals surface area contributed by atoms with E-state index >= 15 is 0 Å². The molecule has 2 rings (SSSR count). The predicted octanol–water partition coefficient (Wildman–Crippen LogP) is 0.438. The van der Waals surface area contributed by atoms with Crippen molar-refractivity contribution in [3.8, 4) is 6.01 Å². The Balaban J connectivity index is 2.23. The lowest BCUT2D eigenvalue weighted by atomic mass is 10.2. The second-order valence-electron chi connectivity index (χ2n) is 5.05. The molecule has 1 amide bonds. The molecular formula is C15H18N4O6S. The largest absolute Gasteiger partial charge is 0.588 e. The number of esters is 1. The van der Waals surface area contributed by atoms with Crippen LogP contribution in [0.1, 0.15) is 23.7 Å². The topological polar surface area (TPSA) is 128 Å². The molecule has 0 aliphatic heterocycles. The summed E-state index contributed by atoms with van der Waals surface area (Å²) in [4.78, 5) is 36.1. The van der Waals surface area contributed by atoms with Gasteiger partial charge < -0.3 is 14.0 Å². The number of nitrogens with one attached hydrogen (secondary N) is 1. The summed E-state index contributed by atoms with van der Waals surface area (Å²) in [6, 6.07) is 4.88. The summed E-state index contributed by atoms with van der Waals surface area (Å²) in [6.07, 6.45) is 0.696. The number of hydrogen-bond acceptors (Lipinski definition) is 7. The molecule has 0 aliphatic rings. The molecule has 2 aromatic rings. The molecular weight excluding hydrogens is 364 g/mol. The molecule has 1 N–H and O–H groups in total. The molecule has 0 saturated heterocycles. The Kier molecular flexibility index (Phi) is 6.41. The number of ether oxygens (including phenoxy) is 2. The standard InChI is InChI=1S/C15H18N4O6S/c1-4-9-25-14-16-19(15(22)18(14)2)13(21)17-26(23)11-8-6-5-7-10(11)12(20)24-3/h5-8H,4,9H2,1-3H3,(H,17,21). The molecule has 10 nitrogen and oxygen atoms in total. The molecule has 0 saturated carbocycles. The van der Waals surface area contributed by atoms with Crippen LogP contribution >= 0.6 is 0 Å². The van der Waals surface area contributed by atoms with Gasteiger partial charge >= 0.3 is 23.7 Å². The quantitative estimate of drug-likeness (QED) is 0.567.